The molecule has 0 aliphatic carbocycles. The number of hydrogen-bond acceptors (Lipinski definition) is 5. The maximum Gasteiger partial charge on any atom is 0.234 e. The van der Waals surface area contributed by atoms with Gasteiger partial charge >= 0.3 is 0 Å². The van der Waals surface area contributed by atoms with Crippen molar-refractivity contribution in [3.05, 3.63) is 70.5 Å². The molecular weight excluding hydrogens is 462 g/mol. The Morgan fingerprint density at radius 2 is 1.83 bits per heavy atom. The van der Waals surface area contributed by atoms with Crippen LogP contribution in [0.4, 0.5) is 5.69 Å². The Labute approximate surface area is 190 Å². The van der Waals surface area contributed by atoms with E-state index in [1.807, 2.05) is 56.6 Å². The van der Waals surface area contributed by atoms with E-state index in [1.54, 1.807) is 0 Å². The van der Waals surface area contributed by atoms with E-state index in [1.165, 1.54) is 17.3 Å². The quantitative estimate of drug-likeness (QED) is 0.437. The Kier molecular flexibility index (Phi) is 8.07. The second kappa shape index (κ2) is 10.7. The topological polar surface area (TPSA) is 63.1 Å². The third-order valence-corrected chi connectivity index (χ3v) is 6.19. The van der Waals surface area contributed by atoms with Gasteiger partial charge in [0.25, 0.3) is 0 Å². The van der Waals surface area contributed by atoms with Crippen molar-refractivity contribution in [2.45, 2.75) is 31.1 Å². The Balaban J connectivity index is 1.76. The molecule has 1 atom stereocenters. The fourth-order valence-electron chi connectivity index (χ4n) is 3.21. The molecule has 1 aromatic heterocycles. The zero-order valence-corrected chi connectivity index (χ0v) is 19.8. The van der Waals surface area contributed by atoms with Crippen molar-refractivity contribution in [3.63, 3.8) is 0 Å². The van der Waals surface area contributed by atoms with Gasteiger partial charge < -0.3 is 9.88 Å². The first-order valence-corrected chi connectivity index (χ1v) is 11.6. The summed E-state index contributed by atoms with van der Waals surface area (Å²) in [5.41, 5.74) is 1.95. The highest BCUT2D eigenvalue weighted by atomic mass is 79.9. The number of thioether (sulfide) groups is 1. The minimum Gasteiger partial charge on any atom is -0.325 e. The predicted molar refractivity (Wildman–Crippen MR) is 126 cm³/mol. The summed E-state index contributed by atoms with van der Waals surface area (Å²) in [6.07, 6.45) is 0.925. The summed E-state index contributed by atoms with van der Waals surface area (Å²) in [4.78, 5) is 14.6. The van der Waals surface area contributed by atoms with E-state index in [0.29, 0.717) is 6.54 Å². The van der Waals surface area contributed by atoms with Gasteiger partial charge in [0.05, 0.1) is 18.3 Å². The number of rotatable bonds is 9. The smallest absolute Gasteiger partial charge is 0.234 e. The maximum absolute atomic E-state index is 12.4. The van der Waals surface area contributed by atoms with Crippen LogP contribution in [0.5, 0.6) is 0 Å². The highest BCUT2D eigenvalue weighted by Crippen LogP contribution is 2.26. The molecule has 8 heteroatoms. The molecular formula is C22H26BrN5OS. The number of benzene rings is 2. The molecule has 0 spiro atoms. The number of halogens is 1. The molecule has 30 heavy (non-hydrogen) atoms. The zero-order valence-electron chi connectivity index (χ0n) is 17.4. The van der Waals surface area contributed by atoms with E-state index < -0.39 is 0 Å². The summed E-state index contributed by atoms with van der Waals surface area (Å²) in [6.45, 7) is 2.81. The molecule has 6 nitrogen and oxygen atoms in total. The van der Waals surface area contributed by atoms with Gasteiger partial charge in [0, 0.05) is 10.2 Å². The molecule has 1 unspecified atom stereocenters. The third kappa shape index (κ3) is 5.93. The molecule has 3 rings (SSSR count). The number of nitrogens with zero attached hydrogens (tertiary/aromatic N) is 4. The summed E-state index contributed by atoms with van der Waals surface area (Å²) in [7, 11) is 4.10. The van der Waals surface area contributed by atoms with Crippen LogP contribution in [-0.4, -0.2) is 45.4 Å². The van der Waals surface area contributed by atoms with Crippen molar-refractivity contribution in [3.8, 4) is 0 Å². The molecule has 2 aromatic carbocycles. The van der Waals surface area contributed by atoms with Crippen LogP contribution in [0.2, 0.25) is 0 Å². The average molecular weight is 488 g/mol. The number of amides is 1. The number of nitrogens with one attached hydrogen (secondary N) is 1. The van der Waals surface area contributed by atoms with Crippen LogP contribution >= 0.6 is 27.7 Å². The third-order valence-electron chi connectivity index (χ3n) is 4.70. The molecule has 0 saturated carbocycles. The van der Waals surface area contributed by atoms with Gasteiger partial charge in [-0.1, -0.05) is 64.9 Å². The van der Waals surface area contributed by atoms with Gasteiger partial charge in [-0.25, -0.2) is 0 Å². The number of aromatic nitrogens is 3. The Morgan fingerprint density at radius 3 is 2.47 bits per heavy atom. The predicted octanol–water partition coefficient (Wildman–Crippen LogP) is 4.83. The summed E-state index contributed by atoms with van der Waals surface area (Å²) >= 11 is 4.81. The molecule has 0 saturated heterocycles. The van der Waals surface area contributed by atoms with Gasteiger partial charge in [0.2, 0.25) is 5.91 Å². The molecule has 1 N–H and O–H groups in total. The van der Waals surface area contributed by atoms with Crippen molar-refractivity contribution in [1.82, 2.24) is 19.7 Å². The van der Waals surface area contributed by atoms with E-state index in [9.17, 15) is 4.79 Å². The highest BCUT2D eigenvalue weighted by Gasteiger charge is 2.22. The van der Waals surface area contributed by atoms with Crippen molar-refractivity contribution >= 4 is 39.3 Å². The molecule has 1 heterocycles. The van der Waals surface area contributed by atoms with Crippen LogP contribution in [-0.2, 0) is 11.3 Å². The normalized spacial score (nSPS) is 12.2. The van der Waals surface area contributed by atoms with Crippen LogP contribution in [0.1, 0.15) is 30.8 Å². The summed E-state index contributed by atoms with van der Waals surface area (Å²) in [5, 5.41) is 12.6. The fourth-order valence-corrected chi connectivity index (χ4v) is 4.22. The lowest BCUT2D eigenvalue weighted by Gasteiger charge is -2.23. The van der Waals surface area contributed by atoms with Crippen molar-refractivity contribution in [1.29, 1.82) is 0 Å². The van der Waals surface area contributed by atoms with Crippen LogP contribution < -0.4 is 5.32 Å². The van der Waals surface area contributed by atoms with Crippen LogP contribution in [0, 0.1) is 0 Å². The number of carbonyl (C=O) groups is 1. The molecule has 0 radical (unpaired) electrons. The molecule has 158 valence electrons. The lowest BCUT2D eigenvalue weighted by atomic mass is 10.2. The largest absolute Gasteiger partial charge is 0.325 e. The minimum absolute atomic E-state index is 0.0715. The molecule has 0 aliphatic rings. The van der Waals surface area contributed by atoms with Gasteiger partial charge in [0.1, 0.15) is 0 Å². The molecule has 3 aromatic rings. The average Bonchev–Trinajstić information content (AvgIpc) is 3.11. The molecule has 1 amide bonds. The van der Waals surface area contributed by atoms with Gasteiger partial charge in [0.15, 0.2) is 11.0 Å². The van der Waals surface area contributed by atoms with Crippen molar-refractivity contribution < 1.29 is 4.79 Å². The van der Waals surface area contributed by atoms with Crippen molar-refractivity contribution in [2.75, 3.05) is 25.2 Å². The lowest BCUT2D eigenvalue weighted by Crippen LogP contribution is -2.23. The Morgan fingerprint density at radius 1 is 1.13 bits per heavy atom. The SMILES string of the molecule is CCC(c1nnc(SCC(=O)Nc2ccc(Br)cc2)n1Cc1ccccc1)N(C)C. The van der Waals surface area contributed by atoms with Gasteiger partial charge in [-0.3, -0.25) is 9.69 Å². The number of carbonyl (C=O) groups excluding carboxylic acids is 1. The van der Waals surface area contributed by atoms with Gasteiger partial charge in [-0.2, -0.15) is 0 Å². The lowest BCUT2D eigenvalue weighted by molar-refractivity contribution is -0.113. The van der Waals surface area contributed by atoms with Gasteiger partial charge in [-0.05, 0) is 50.3 Å². The summed E-state index contributed by atoms with van der Waals surface area (Å²) < 4.78 is 3.10. The first kappa shape index (κ1) is 22.5. The highest BCUT2D eigenvalue weighted by molar-refractivity contribution is 9.10. The second-order valence-electron chi connectivity index (χ2n) is 7.14. The molecule has 0 bridgehead atoms. The first-order chi connectivity index (χ1) is 14.5. The molecule has 0 fully saturated rings. The van der Waals surface area contributed by atoms with E-state index in [-0.39, 0.29) is 17.7 Å². The second-order valence-corrected chi connectivity index (χ2v) is 9.00. The Bertz CT molecular complexity index is 959. The Hall–Kier alpha value is -2.16. The fraction of sp³-hybridized carbons (Fsp3) is 0.318. The monoisotopic (exact) mass is 487 g/mol. The van der Waals surface area contributed by atoms with Crippen LogP contribution in [0.25, 0.3) is 0 Å². The standard InChI is InChI=1S/C22H26BrN5OS/c1-4-19(27(2)3)21-25-26-22(28(21)14-16-8-6-5-7-9-16)30-15-20(29)24-18-12-10-17(23)11-13-18/h5-13,19H,4,14-15H2,1-3H3,(H,24,29). The zero-order chi connectivity index (χ0) is 21.5. The summed E-state index contributed by atoms with van der Waals surface area (Å²) in [5.74, 6) is 1.11. The van der Waals surface area contributed by atoms with E-state index in [0.717, 1.165) is 27.6 Å². The maximum atomic E-state index is 12.4. The van der Waals surface area contributed by atoms with Crippen LogP contribution in [0.3, 0.4) is 0 Å². The van der Waals surface area contributed by atoms with E-state index >= 15 is 0 Å². The van der Waals surface area contributed by atoms with Gasteiger partial charge in [-0.15, -0.1) is 10.2 Å². The van der Waals surface area contributed by atoms with E-state index in [4.69, 9.17) is 0 Å². The minimum atomic E-state index is -0.0715. The molecule has 0 aliphatic heterocycles. The number of hydrogen-bond donors (Lipinski definition) is 1. The first-order valence-electron chi connectivity index (χ1n) is 9.79. The van der Waals surface area contributed by atoms with E-state index in [2.05, 4.69) is 60.0 Å². The van der Waals surface area contributed by atoms with Crippen molar-refractivity contribution in [2.24, 2.45) is 0 Å². The van der Waals surface area contributed by atoms with Crippen LogP contribution in [0.15, 0.2) is 64.2 Å². The summed E-state index contributed by atoms with van der Waals surface area (Å²) in [6, 6.07) is 17.9. The number of anilines is 1.